The Balaban J connectivity index is 1.55. The highest BCUT2D eigenvalue weighted by Gasteiger charge is 2.24. The molecular formula is C23H23FN4O2. The lowest BCUT2D eigenvalue weighted by atomic mass is 10.1. The average Bonchev–Trinajstić information content (AvgIpc) is 3.10. The van der Waals surface area contributed by atoms with Gasteiger partial charge in [0.05, 0.1) is 6.04 Å². The van der Waals surface area contributed by atoms with Crippen molar-refractivity contribution in [1.29, 1.82) is 0 Å². The van der Waals surface area contributed by atoms with Crippen LogP contribution in [0.1, 0.15) is 34.8 Å². The number of amides is 1. The van der Waals surface area contributed by atoms with Gasteiger partial charge >= 0.3 is 0 Å². The average molecular weight is 406 g/mol. The molecule has 0 bridgehead atoms. The van der Waals surface area contributed by atoms with Crippen molar-refractivity contribution in [3.63, 3.8) is 0 Å². The van der Waals surface area contributed by atoms with Crippen molar-refractivity contribution < 1.29 is 9.18 Å². The number of hydrogen-bond acceptors (Lipinski definition) is 4. The van der Waals surface area contributed by atoms with Gasteiger partial charge in [0, 0.05) is 17.4 Å². The molecule has 0 radical (unpaired) electrons. The fraction of sp³-hybridized carbons (Fsp3) is 0.261. The molecule has 7 heteroatoms. The number of rotatable bonds is 5. The van der Waals surface area contributed by atoms with Gasteiger partial charge in [0.2, 0.25) is 11.9 Å². The maximum absolute atomic E-state index is 13.6. The molecular weight excluding hydrogens is 383 g/mol. The topological polar surface area (TPSA) is 76.0 Å². The number of nitrogens with zero attached hydrogens (tertiary/aromatic N) is 2. The summed E-state index contributed by atoms with van der Waals surface area (Å²) in [6.07, 6.45) is 1.76. The van der Waals surface area contributed by atoms with Crippen molar-refractivity contribution in [1.82, 2.24) is 14.9 Å². The van der Waals surface area contributed by atoms with Gasteiger partial charge < -0.3 is 10.6 Å². The van der Waals surface area contributed by atoms with Crippen LogP contribution in [0.25, 0.3) is 0 Å². The third-order valence-electron chi connectivity index (χ3n) is 5.32. The third-order valence-corrected chi connectivity index (χ3v) is 5.32. The van der Waals surface area contributed by atoms with Gasteiger partial charge in [-0.1, -0.05) is 24.3 Å². The summed E-state index contributed by atoms with van der Waals surface area (Å²) in [6, 6.07) is 13.9. The number of halogens is 1. The Morgan fingerprint density at radius 2 is 2.00 bits per heavy atom. The van der Waals surface area contributed by atoms with E-state index in [4.69, 9.17) is 0 Å². The molecule has 30 heavy (non-hydrogen) atoms. The largest absolute Gasteiger partial charge is 0.348 e. The molecule has 0 saturated heterocycles. The first-order valence-electron chi connectivity index (χ1n) is 9.89. The van der Waals surface area contributed by atoms with E-state index in [1.807, 2.05) is 18.2 Å². The minimum absolute atomic E-state index is 0.0565. The van der Waals surface area contributed by atoms with E-state index >= 15 is 0 Å². The maximum Gasteiger partial charge on any atom is 0.255 e. The number of hydrogen-bond donors (Lipinski definition) is 2. The molecule has 1 unspecified atom stereocenters. The van der Waals surface area contributed by atoms with Gasteiger partial charge in [-0.3, -0.25) is 14.2 Å². The van der Waals surface area contributed by atoms with Crippen molar-refractivity contribution in [2.75, 3.05) is 5.32 Å². The Hall–Kier alpha value is -3.48. The summed E-state index contributed by atoms with van der Waals surface area (Å²) >= 11 is 0. The maximum atomic E-state index is 13.6. The monoisotopic (exact) mass is 406 g/mol. The predicted octanol–water partition coefficient (Wildman–Crippen LogP) is 3.55. The molecule has 0 fully saturated rings. The molecule has 1 aromatic heterocycles. The fourth-order valence-electron chi connectivity index (χ4n) is 3.81. The summed E-state index contributed by atoms with van der Waals surface area (Å²) < 4.78 is 14.9. The summed E-state index contributed by atoms with van der Waals surface area (Å²) in [5.41, 5.74) is 3.63. The van der Waals surface area contributed by atoms with Gasteiger partial charge in [-0.25, -0.2) is 9.37 Å². The Bertz CT molecular complexity index is 1170. The highest BCUT2D eigenvalue weighted by molar-refractivity contribution is 5.77. The molecule has 154 valence electrons. The second-order valence-corrected chi connectivity index (χ2v) is 7.59. The molecule has 6 nitrogen and oxygen atoms in total. The number of benzene rings is 2. The van der Waals surface area contributed by atoms with Crippen LogP contribution in [0.2, 0.25) is 0 Å². The number of carbonyl (C=O) groups is 1. The Kier molecular flexibility index (Phi) is 5.35. The molecule has 0 aliphatic heterocycles. The normalized spacial score (nSPS) is 15.0. The lowest BCUT2D eigenvalue weighted by Crippen LogP contribution is -2.35. The zero-order valence-electron chi connectivity index (χ0n) is 16.9. The molecule has 1 heterocycles. The number of aromatic nitrogens is 2. The van der Waals surface area contributed by atoms with E-state index in [1.54, 1.807) is 26.0 Å². The molecule has 1 amide bonds. The number of aryl methyl sites for hydroxylation is 3. The van der Waals surface area contributed by atoms with Crippen LogP contribution >= 0.6 is 0 Å². The first-order chi connectivity index (χ1) is 14.4. The zero-order valence-corrected chi connectivity index (χ0v) is 16.9. The highest BCUT2D eigenvalue weighted by atomic mass is 19.1. The number of nitrogens with one attached hydrogen (secondary N) is 2. The van der Waals surface area contributed by atoms with Crippen molar-refractivity contribution in [3.8, 4) is 0 Å². The summed E-state index contributed by atoms with van der Waals surface area (Å²) in [4.78, 5) is 29.7. The van der Waals surface area contributed by atoms with Gasteiger partial charge in [-0.15, -0.1) is 0 Å². The Morgan fingerprint density at radius 3 is 2.80 bits per heavy atom. The Labute approximate surface area is 173 Å². The number of carbonyl (C=O) groups excluding carboxylic acids is 1. The van der Waals surface area contributed by atoms with Crippen LogP contribution in [0.3, 0.4) is 0 Å². The smallest absolute Gasteiger partial charge is 0.255 e. The summed E-state index contributed by atoms with van der Waals surface area (Å²) in [7, 11) is 0. The van der Waals surface area contributed by atoms with Crippen LogP contribution in [-0.4, -0.2) is 15.5 Å². The number of anilines is 2. The fourth-order valence-corrected chi connectivity index (χ4v) is 3.81. The van der Waals surface area contributed by atoms with E-state index in [9.17, 15) is 14.0 Å². The van der Waals surface area contributed by atoms with Gasteiger partial charge in [0.1, 0.15) is 12.4 Å². The Morgan fingerprint density at radius 1 is 1.20 bits per heavy atom. The minimum Gasteiger partial charge on any atom is -0.348 e. The molecule has 0 saturated carbocycles. The molecule has 0 spiro atoms. The second kappa shape index (κ2) is 8.10. The van der Waals surface area contributed by atoms with Crippen LogP contribution in [0.5, 0.6) is 0 Å². The van der Waals surface area contributed by atoms with E-state index in [1.165, 1.54) is 22.3 Å². The molecule has 1 aliphatic carbocycles. The highest BCUT2D eigenvalue weighted by Crippen LogP contribution is 2.30. The SMILES string of the molecule is Cc1cc(=O)n(CC(=O)NC2CCc3ccccc32)c(Nc2ccc(F)c(C)c2)n1. The summed E-state index contributed by atoms with van der Waals surface area (Å²) in [5, 5.41) is 6.07. The van der Waals surface area contributed by atoms with Crippen LogP contribution in [0.4, 0.5) is 16.0 Å². The van der Waals surface area contributed by atoms with E-state index in [0.29, 0.717) is 16.9 Å². The van der Waals surface area contributed by atoms with Crippen LogP contribution < -0.4 is 16.2 Å². The van der Waals surface area contributed by atoms with Crippen LogP contribution in [0.15, 0.2) is 53.3 Å². The lowest BCUT2D eigenvalue weighted by molar-refractivity contribution is -0.122. The van der Waals surface area contributed by atoms with Gasteiger partial charge in [0.15, 0.2) is 0 Å². The van der Waals surface area contributed by atoms with Gasteiger partial charge in [-0.05, 0) is 61.6 Å². The third kappa shape index (κ3) is 4.10. The van der Waals surface area contributed by atoms with Crippen molar-refractivity contribution >= 4 is 17.5 Å². The van der Waals surface area contributed by atoms with Crippen LogP contribution in [-0.2, 0) is 17.8 Å². The molecule has 3 aromatic rings. The standard InChI is InChI=1S/C23H23FN4O2/c1-14-11-17(8-9-19(14)24)26-23-25-15(2)12-22(30)28(23)13-21(29)27-20-10-7-16-5-3-4-6-18(16)20/h3-6,8-9,11-12,20H,7,10,13H2,1-2H3,(H,25,26)(H,27,29). The predicted molar refractivity (Wildman–Crippen MR) is 113 cm³/mol. The first-order valence-corrected chi connectivity index (χ1v) is 9.89. The molecule has 4 rings (SSSR count). The zero-order chi connectivity index (χ0) is 21.3. The lowest BCUT2D eigenvalue weighted by Gasteiger charge is -2.17. The van der Waals surface area contributed by atoms with E-state index < -0.39 is 0 Å². The summed E-state index contributed by atoms with van der Waals surface area (Å²) in [5.74, 6) is -0.331. The number of fused-ring (bicyclic) bond motifs is 1. The van der Waals surface area contributed by atoms with Crippen molar-refractivity contribution in [3.05, 3.63) is 87.1 Å². The molecule has 1 aliphatic rings. The van der Waals surface area contributed by atoms with Crippen molar-refractivity contribution in [2.45, 2.75) is 39.3 Å². The van der Waals surface area contributed by atoms with E-state index in [0.717, 1.165) is 18.4 Å². The second-order valence-electron chi connectivity index (χ2n) is 7.59. The van der Waals surface area contributed by atoms with E-state index in [2.05, 4.69) is 21.7 Å². The molecule has 2 N–H and O–H groups in total. The molecule has 2 aromatic carbocycles. The van der Waals surface area contributed by atoms with Gasteiger partial charge in [-0.2, -0.15) is 0 Å². The van der Waals surface area contributed by atoms with Gasteiger partial charge in [0.25, 0.3) is 5.56 Å². The summed E-state index contributed by atoms with van der Waals surface area (Å²) in [6.45, 7) is 3.21. The van der Waals surface area contributed by atoms with Crippen LogP contribution in [0, 0.1) is 19.7 Å². The first kappa shape index (κ1) is 19.8. The minimum atomic E-state index is -0.328. The quantitative estimate of drug-likeness (QED) is 0.680. The molecule has 1 atom stereocenters. The van der Waals surface area contributed by atoms with Crippen molar-refractivity contribution in [2.24, 2.45) is 0 Å². The van der Waals surface area contributed by atoms with E-state index in [-0.39, 0.29) is 35.8 Å².